The van der Waals surface area contributed by atoms with Crippen molar-refractivity contribution in [1.82, 2.24) is 5.32 Å². The molecule has 0 amide bonds. The summed E-state index contributed by atoms with van der Waals surface area (Å²) in [6.45, 7) is 20.2. The number of carbonyl (C=O) groups excluding carboxylic acids is 3. The van der Waals surface area contributed by atoms with Gasteiger partial charge in [0.05, 0.1) is 11.8 Å². The molecule has 0 aromatic heterocycles. The zero-order valence-electron chi connectivity index (χ0n) is 34.4. The number of benzene rings is 1. The molecule has 0 bridgehead atoms. The Balaban J connectivity index is 1.18. The number of carbonyl (C=O) groups is 4. The molecular weight excluding hydrogens is 679 g/mol. The third kappa shape index (κ3) is 5.52. The Labute approximate surface area is 323 Å². The predicted octanol–water partition coefficient (Wildman–Crippen LogP) is 8.86. The third-order valence-corrected chi connectivity index (χ3v) is 17.3. The number of ketones is 1. The van der Waals surface area contributed by atoms with Gasteiger partial charge in [-0.05, 0) is 128 Å². The van der Waals surface area contributed by atoms with E-state index in [4.69, 9.17) is 9.47 Å². The van der Waals surface area contributed by atoms with Gasteiger partial charge in [-0.25, -0.2) is 0 Å². The summed E-state index contributed by atoms with van der Waals surface area (Å²) in [6, 6.07) is 10.3. The number of allylic oxidation sites excluding steroid dienone is 1. The number of esters is 2. The molecule has 8 nitrogen and oxygen atoms in total. The number of carboxylic acids is 1. The normalized spacial score (nSPS) is 40.1. The molecule has 1 spiro atoms. The molecule has 8 heteroatoms. The van der Waals surface area contributed by atoms with E-state index in [2.05, 4.69) is 59.0 Å². The quantitative estimate of drug-likeness (QED) is 0.216. The lowest BCUT2D eigenvalue weighted by Gasteiger charge is -2.71. The van der Waals surface area contributed by atoms with Crippen molar-refractivity contribution in [1.29, 1.82) is 0 Å². The number of nitrogens with one attached hydrogen (secondary N) is 1. The Morgan fingerprint density at radius 2 is 1.59 bits per heavy atom. The number of hydrogen-bond acceptors (Lipinski definition) is 7. The van der Waals surface area contributed by atoms with Crippen LogP contribution in [-0.2, 0) is 35.2 Å². The Bertz CT molecular complexity index is 1750. The van der Waals surface area contributed by atoms with E-state index in [-0.39, 0.29) is 63.2 Å². The summed E-state index contributed by atoms with van der Waals surface area (Å²) in [6.07, 6.45) is 8.63. The highest BCUT2D eigenvalue weighted by Crippen LogP contribution is 2.87. The summed E-state index contributed by atoms with van der Waals surface area (Å²) >= 11 is 0. The molecule has 5 saturated carbocycles. The minimum absolute atomic E-state index is 0.0284. The van der Waals surface area contributed by atoms with Crippen LogP contribution in [-0.4, -0.2) is 47.6 Å². The Morgan fingerprint density at radius 3 is 2.24 bits per heavy atom. The summed E-state index contributed by atoms with van der Waals surface area (Å²) in [4.78, 5) is 52.0. The van der Waals surface area contributed by atoms with Gasteiger partial charge in [-0.1, -0.05) is 71.9 Å². The lowest BCUT2D eigenvalue weighted by atomic mass is 9.33. The Kier molecular flexibility index (Phi) is 9.47. The number of ether oxygens (including phenoxy) is 2. The molecule has 10 atom stereocenters. The van der Waals surface area contributed by atoms with Crippen LogP contribution in [0, 0.1) is 55.7 Å². The molecular formula is C46H65NO7. The summed E-state index contributed by atoms with van der Waals surface area (Å²) in [5.41, 5.74) is 1.89. The van der Waals surface area contributed by atoms with Gasteiger partial charge in [0.15, 0.2) is 5.78 Å². The summed E-state index contributed by atoms with van der Waals surface area (Å²) in [7, 11) is 0. The monoisotopic (exact) mass is 743 g/mol. The molecule has 0 saturated heterocycles. The van der Waals surface area contributed by atoms with Crippen LogP contribution in [0.2, 0.25) is 0 Å². The lowest BCUT2D eigenvalue weighted by molar-refractivity contribution is -0.221. The number of Topliss-reactive ketones (excluding diaryl/α,β-unsaturated/α-hetero) is 1. The molecule has 54 heavy (non-hydrogen) atoms. The molecule has 0 aliphatic heterocycles. The first-order valence-electron chi connectivity index (χ1n) is 20.8. The zero-order valence-corrected chi connectivity index (χ0v) is 34.4. The lowest BCUT2D eigenvalue weighted by Crippen LogP contribution is -2.65. The van der Waals surface area contributed by atoms with Crippen LogP contribution < -0.4 is 5.32 Å². The number of fused-ring (bicyclic) bond motifs is 6. The van der Waals surface area contributed by atoms with Crippen LogP contribution >= 0.6 is 0 Å². The first-order valence-corrected chi connectivity index (χ1v) is 20.8. The third-order valence-electron chi connectivity index (χ3n) is 17.3. The van der Waals surface area contributed by atoms with Gasteiger partial charge in [-0.3, -0.25) is 19.2 Å². The molecule has 2 N–H and O–H groups in total. The van der Waals surface area contributed by atoms with E-state index in [1.165, 1.54) is 18.1 Å². The highest BCUT2D eigenvalue weighted by Gasteiger charge is 2.82. The van der Waals surface area contributed by atoms with Gasteiger partial charge < -0.3 is 19.9 Å². The average Bonchev–Trinajstić information content (AvgIpc) is 3.62. The van der Waals surface area contributed by atoms with Crippen molar-refractivity contribution in [2.24, 2.45) is 55.7 Å². The van der Waals surface area contributed by atoms with E-state index in [0.717, 1.165) is 63.4 Å². The topological polar surface area (TPSA) is 119 Å². The fourth-order valence-electron chi connectivity index (χ4n) is 14.2. The second-order valence-corrected chi connectivity index (χ2v) is 20.4. The molecule has 0 heterocycles. The number of hydrogen-bond donors (Lipinski definition) is 2. The highest BCUT2D eigenvalue weighted by molar-refractivity contribution is 6.01. The fourth-order valence-corrected chi connectivity index (χ4v) is 14.2. The van der Waals surface area contributed by atoms with Crippen LogP contribution in [0.15, 0.2) is 41.5 Å². The molecule has 1 unspecified atom stereocenters. The maximum absolute atomic E-state index is 14.3. The molecule has 6 aliphatic rings. The van der Waals surface area contributed by atoms with Crippen molar-refractivity contribution in [3.05, 3.63) is 47.0 Å². The number of aliphatic carboxylic acids is 1. The van der Waals surface area contributed by atoms with Crippen LogP contribution in [0.5, 0.6) is 0 Å². The van der Waals surface area contributed by atoms with Gasteiger partial charge in [0.1, 0.15) is 12.2 Å². The van der Waals surface area contributed by atoms with Crippen LogP contribution in [0.4, 0.5) is 0 Å². The Morgan fingerprint density at radius 1 is 0.907 bits per heavy atom. The second-order valence-electron chi connectivity index (χ2n) is 20.4. The van der Waals surface area contributed by atoms with E-state index in [1.807, 2.05) is 18.2 Å². The van der Waals surface area contributed by atoms with Crippen molar-refractivity contribution in [2.75, 3.05) is 6.54 Å². The van der Waals surface area contributed by atoms with Gasteiger partial charge in [0, 0.05) is 37.3 Å². The SMILES string of the molecule is CC(=O)O[C@H](CNCc1ccccc1)[C@@]12CC[C@]3(C)[C@H](CC[C@@H]4[C@@]5(C)CC[C@H](OC(=O)CC(C)(C)C(=O)O)C6(C)C[C@]65CC[C@]43C)C1=C(C(C)C)C(=O)C2. The Hall–Kier alpha value is -3.00. The van der Waals surface area contributed by atoms with Crippen LogP contribution in [0.1, 0.15) is 139 Å². The van der Waals surface area contributed by atoms with Crippen molar-refractivity contribution in [3.8, 4) is 0 Å². The van der Waals surface area contributed by atoms with Gasteiger partial charge >= 0.3 is 17.9 Å². The molecule has 0 radical (unpaired) electrons. The van der Waals surface area contributed by atoms with Gasteiger partial charge in [0.2, 0.25) is 0 Å². The van der Waals surface area contributed by atoms with Gasteiger partial charge in [0.25, 0.3) is 0 Å². The largest absolute Gasteiger partial charge is 0.481 e. The smallest absolute Gasteiger partial charge is 0.309 e. The molecule has 7 rings (SSSR count). The minimum Gasteiger partial charge on any atom is -0.481 e. The second kappa shape index (κ2) is 13.0. The van der Waals surface area contributed by atoms with E-state index < -0.39 is 28.9 Å². The van der Waals surface area contributed by atoms with Crippen molar-refractivity contribution >= 4 is 23.7 Å². The summed E-state index contributed by atoms with van der Waals surface area (Å²) < 4.78 is 12.5. The first kappa shape index (κ1) is 39.2. The van der Waals surface area contributed by atoms with Crippen molar-refractivity contribution in [3.63, 3.8) is 0 Å². The summed E-state index contributed by atoms with van der Waals surface area (Å²) in [5.74, 6) is -0.623. The van der Waals surface area contributed by atoms with Gasteiger partial charge in [-0.15, -0.1) is 0 Å². The first-order chi connectivity index (χ1) is 25.2. The predicted molar refractivity (Wildman–Crippen MR) is 207 cm³/mol. The molecule has 1 aromatic rings. The minimum atomic E-state index is -1.16. The van der Waals surface area contributed by atoms with E-state index in [9.17, 15) is 24.3 Å². The zero-order chi connectivity index (χ0) is 39.3. The maximum Gasteiger partial charge on any atom is 0.309 e. The molecule has 1 aromatic carbocycles. The van der Waals surface area contributed by atoms with E-state index in [1.54, 1.807) is 13.8 Å². The van der Waals surface area contributed by atoms with Crippen molar-refractivity contribution in [2.45, 2.75) is 152 Å². The number of rotatable bonds is 11. The van der Waals surface area contributed by atoms with Crippen LogP contribution in [0.3, 0.4) is 0 Å². The van der Waals surface area contributed by atoms with Crippen LogP contribution in [0.25, 0.3) is 0 Å². The summed E-state index contributed by atoms with van der Waals surface area (Å²) in [5, 5.41) is 13.3. The standard InChI is InChI=1S/C46H65NO7/c1-28(2)37-32(49)23-45(35(53-29(3)48)26-47-25-30-13-11-10-12-14-30)21-19-41(6)31(38(37)45)15-16-33-42(41,7)20-22-46-27-44(46,9)34(17-18-43(33,46)8)54-36(50)24-40(4,5)39(51)52/h10-14,28,31,33-35,47H,15-27H2,1-9H3,(H,51,52)/t31-,33+,34+,35-,41-,42-,43-,44?,45+,46+/m1/s1. The van der Waals surface area contributed by atoms with Crippen molar-refractivity contribution < 1.29 is 33.8 Å². The molecule has 296 valence electrons. The maximum atomic E-state index is 14.3. The fraction of sp³-hybridized carbons (Fsp3) is 0.739. The number of carboxylic acid groups (broad SMARTS) is 1. The van der Waals surface area contributed by atoms with Gasteiger partial charge in [-0.2, -0.15) is 0 Å². The highest BCUT2D eigenvalue weighted by atomic mass is 16.5. The average molecular weight is 744 g/mol. The van der Waals surface area contributed by atoms with E-state index >= 15 is 0 Å². The van der Waals surface area contributed by atoms with E-state index in [0.29, 0.717) is 25.4 Å². The molecule has 6 aliphatic carbocycles. The molecule has 5 fully saturated rings.